The molecule has 0 saturated carbocycles. The number of benzene rings is 1. The van der Waals surface area contributed by atoms with E-state index in [1.807, 2.05) is 0 Å². The van der Waals surface area contributed by atoms with Crippen LogP contribution < -0.4 is 0 Å². The summed E-state index contributed by atoms with van der Waals surface area (Å²) in [5.41, 5.74) is 6.72. The molecular weight excluding hydrogens is 284 g/mol. The lowest BCUT2D eigenvalue weighted by atomic mass is 10.0. The van der Waals surface area contributed by atoms with E-state index in [2.05, 4.69) is 71.0 Å². The Morgan fingerprint density at radius 1 is 0.957 bits per heavy atom. The van der Waals surface area contributed by atoms with Crippen molar-refractivity contribution in [1.29, 1.82) is 0 Å². The summed E-state index contributed by atoms with van der Waals surface area (Å²) < 4.78 is 7.85. The van der Waals surface area contributed by atoms with Gasteiger partial charge in [0.1, 0.15) is 0 Å². The molecule has 1 aromatic carbocycles. The first-order chi connectivity index (χ1) is 11.3. The van der Waals surface area contributed by atoms with Gasteiger partial charge in [0.25, 0.3) is 0 Å². The third-order valence-corrected chi connectivity index (χ3v) is 4.74. The molecule has 0 aliphatic carbocycles. The Balaban J connectivity index is 1.86. The molecule has 3 nitrogen and oxygen atoms in total. The van der Waals surface area contributed by atoms with E-state index in [-0.39, 0.29) is 0 Å². The molecular formula is C20H22N2O. The summed E-state index contributed by atoms with van der Waals surface area (Å²) in [6, 6.07) is 17.2. The molecule has 2 aromatic heterocycles. The number of aromatic nitrogens is 1. The average Bonchev–Trinajstić information content (AvgIpc) is 2.89. The molecule has 0 bridgehead atoms. The zero-order valence-corrected chi connectivity index (χ0v) is 13.5. The van der Waals surface area contributed by atoms with Crippen LogP contribution in [0.1, 0.15) is 11.3 Å². The van der Waals surface area contributed by atoms with Crippen molar-refractivity contribution in [2.24, 2.45) is 0 Å². The second kappa shape index (κ2) is 6.19. The molecule has 1 aliphatic heterocycles. The fourth-order valence-electron chi connectivity index (χ4n) is 3.56. The zero-order valence-electron chi connectivity index (χ0n) is 13.5. The van der Waals surface area contributed by atoms with Gasteiger partial charge in [-0.3, -0.25) is 4.90 Å². The molecule has 0 amide bonds. The summed E-state index contributed by atoms with van der Waals surface area (Å²) in [4.78, 5) is 2.49. The van der Waals surface area contributed by atoms with Crippen LogP contribution in [-0.2, 0) is 11.3 Å². The van der Waals surface area contributed by atoms with Gasteiger partial charge in [0.05, 0.1) is 13.2 Å². The lowest BCUT2D eigenvalue weighted by Gasteiger charge is -2.27. The highest BCUT2D eigenvalue weighted by Gasteiger charge is 2.20. The van der Waals surface area contributed by atoms with Crippen molar-refractivity contribution in [3.05, 3.63) is 66.0 Å². The summed E-state index contributed by atoms with van der Waals surface area (Å²) in [7, 11) is 0. The van der Waals surface area contributed by atoms with Gasteiger partial charge in [-0.15, -0.1) is 0 Å². The number of nitrogens with zero attached hydrogens (tertiary/aromatic N) is 2. The van der Waals surface area contributed by atoms with Crippen LogP contribution in [0.2, 0.25) is 0 Å². The number of hydrogen-bond acceptors (Lipinski definition) is 2. The molecule has 118 valence electrons. The van der Waals surface area contributed by atoms with Crippen molar-refractivity contribution in [3.63, 3.8) is 0 Å². The van der Waals surface area contributed by atoms with E-state index >= 15 is 0 Å². The molecule has 4 rings (SSSR count). The maximum Gasteiger partial charge on any atom is 0.0594 e. The zero-order chi connectivity index (χ0) is 15.6. The van der Waals surface area contributed by atoms with Crippen LogP contribution >= 0.6 is 0 Å². The van der Waals surface area contributed by atoms with Crippen molar-refractivity contribution >= 4 is 5.52 Å². The van der Waals surface area contributed by atoms with Crippen LogP contribution in [0.25, 0.3) is 16.6 Å². The minimum absolute atomic E-state index is 0.836. The second-order valence-corrected chi connectivity index (χ2v) is 6.16. The van der Waals surface area contributed by atoms with Gasteiger partial charge >= 0.3 is 0 Å². The van der Waals surface area contributed by atoms with Gasteiger partial charge in [-0.25, -0.2) is 0 Å². The maximum atomic E-state index is 5.50. The molecule has 0 unspecified atom stereocenters. The summed E-state index contributed by atoms with van der Waals surface area (Å²) in [6.07, 6.45) is 2.19. The van der Waals surface area contributed by atoms with E-state index in [9.17, 15) is 0 Å². The van der Waals surface area contributed by atoms with Gasteiger partial charge in [0.2, 0.25) is 0 Å². The molecule has 0 atom stereocenters. The van der Waals surface area contributed by atoms with Crippen LogP contribution in [0, 0.1) is 6.92 Å². The van der Waals surface area contributed by atoms with E-state index in [1.165, 1.54) is 27.9 Å². The Bertz CT molecular complexity index is 801. The molecule has 0 N–H and O–H groups in total. The van der Waals surface area contributed by atoms with Crippen LogP contribution in [-0.4, -0.2) is 35.6 Å². The van der Waals surface area contributed by atoms with E-state index in [1.54, 1.807) is 0 Å². The molecule has 3 heterocycles. The van der Waals surface area contributed by atoms with Crippen LogP contribution in [0.3, 0.4) is 0 Å². The lowest BCUT2D eigenvalue weighted by molar-refractivity contribution is 0.0336. The second-order valence-electron chi connectivity index (χ2n) is 6.16. The summed E-state index contributed by atoms with van der Waals surface area (Å²) >= 11 is 0. The van der Waals surface area contributed by atoms with Gasteiger partial charge in [-0.2, -0.15) is 0 Å². The number of pyridine rings is 1. The molecule has 0 spiro atoms. The van der Waals surface area contributed by atoms with E-state index in [0.29, 0.717) is 0 Å². The minimum Gasteiger partial charge on any atom is -0.379 e. The molecule has 1 fully saturated rings. The van der Waals surface area contributed by atoms with Gasteiger partial charge in [0.15, 0.2) is 0 Å². The van der Waals surface area contributed by atoms with Gasteiger partial charge in [-0.1, -0.05) is 36.4 Å². The van der Waals surface area contributed by atoms with Crippen molar-refractivity contribution in [2.45, 2.75) is 13.5 Å². The Hall–Kier alpha value is -2.10. The minimum atomic E-state index is 0.836. The summed E-state index contributed by atoms with van der Waals surface area (Å²) in [5, 5.41) is 0. The van der Waals surface area contributed by atoms with Crippen molar-refractivity contribution in [3.8, 4) is 11.1 Å². The maximum absolute atomic E-state index is 5.50. The topological polar surface area (TPSA) is 16.9 Å². The van der Waals surface area contributed by atoms with Crippen molar-refractivity contribution < 1.29 is 4.74 Å². The highest BCUT2D eigenvalue weighted by atomic mass is 16.5. The van der Waals surface area contributed by atoms with Crippen LogP contribution in [0.5, 0.6) is 0 Å². The predicted octanol–water partition coefficient (Wildman–Crippen LogP) is 3.75. The number of hydrogen-bond donors (Lipinski definition) is 0. The third-order valence-electron chi connectivity index (χ3n) is 4.74. The first-order valence-corrected chi connectivity index (χ1v) is 8.28. The Kier molecular flexibility index (Phi) is 3.90. The highest BCUT2D eigenvalue weighted by molar-refractivity contribution is 5.79. The van der Waals surface area contributed by atoms with Crippen molar-refractivity contribution in [1.82, 2.24) is 9.30 Å². The largest absolute Gasteiger partial charge is 0.379 e. The number of morpholine rings is 1. The monoisotopic (exact) mass is 306 g/mol. The lowest BCUT2D eigenvalue weighted by Crippen LogP contribution is -2.36. The van der Waals surface area contributed by atoms with E-state index < -0.39 is 0 Å². The number of ether oxygens (including phenoxy) is 1. The number of rotatable bonds is 3. The number of fused-ring (bicyclic) bond motifs is 1. The standard InChI is InChI=1S/C20H22N2O/c1-16-18-9-5-6-10-22(18)19(15-21-11-13-23-14-12-21)20(16)17-7-3-2-4-8-17/h2-10H,11-15H2,1H3. The fourth-order valence-corrected chi connectivity index (χ4v) is 3.56. The van der Waals surface area contributed by atoms with Crippen LogP contribution in [0.15, 0.2) is 54.7 Å². The molecule has 3 aromatic rings. The molecule has 1 aliphatic rings. The summed E-state index contributed by atoms with van der Waals surface area (Å²) in [6.45, 7) is 6.89. The van der Waals surface area contributed by atoms with Gasteiger partial charge in [-0.05, 0) is 30.2 Å². The van der Waals surface area contributed by atoms with Crippen molar-refractivity contribution in [2.75, 3.05) is 26.3 Å². The Morgan fingerprint density at radius 2 is 1.70 bits per heavy atom. The molecule has 1 saturated heterocycles. The Morgan fingerprint density at radius 3 is 2.48 bits per heavy atom. The molecule has 23 heavy (non-hydrogen) atoms. The van der Waals surface area contributed by atoms with Gasteiger partial charge in [0, 0.05) is 42.6 Å². The smallest absolute Gasteiger partial charge is 0.0594 e. The molecule has 0 radical (unpaired) electrons. The number of aryl methyl sites for hydroxylation is 1. The summed E-state index contributed by atoms with van der Waals surface area (Å²) in [5.74, 6) is 0. The average molecular weight is 306 g/mol. The first-order valence-electron chi connectivity index (χ1n) is 8.28. The first kappa shape index (κ1) is 14.5. The van der Waals surface area contributed by atoms with Gasteiger partial charge < -0.3 is 9.14 Å². The Labute approximate surface area is 137 Å². The normalized spacial score (nSPS) is 16.0. The third kappa shape index (κ3) is 2.67. The quantitative estimate of drug-likeness (QED) is 0.733. The fraction of sp³-hybridized carbons (Fsp3) is 0.300. The SMILES string of the molecule is Cc1c(-c2ccccc2)c(CN2CCOCC2)n2ccccc12. The molecule has 3 heteroatoms. The highest BCUT2D eigenvalue weighted by Crippen LogP contribution is 2.33. The predicted molar refractivity (Wildman–Crippen MR) is 93.7 cm³/mol. The van der Waals surface area contributed by atoms with Crippen LogP contribution in [0.4, 0.5) is 0 Å². The van der Waals surface area contributed by atoms with E-state index in [0.717, 1.165) is 32.8 Å². The van der Waals surface area contributed by atoms with E-state index in [4.69, 9.17) is 4.74 Å².